The molecule has 6 N–H and O–H groups in total. The van der Waals surface area contributed by atoms with Crippen LogP contribution in [0.4, 0.5) is 17.6 Å². The van der Waals surface area contributed by atoms with Gasteiger partial charge in [-0.2, -0.15) is 9.97 Å². The lowest BCUT2D eigenvalue weighted by Gasteiger charge is -2.37. The van der Waals surface area contributed by atoms with Gasteiger partial charge in [0.05, 0.1) is 65.3 Å². The molecule has 0 radical (unpaired) electrons. The Morgan fingerprint density at radius 2 is 1.09 bits per heavy atom. The number of ether oxygens (including phenoxy) is 7. The molecule has 108 heavy (non-hydrogen) atoms. The average molecular weight is 1520 g/mol. The molecule has 0 bridgehead atoms. The first-order valence-electron chi connectivity index (χ1n) is 34.3. The van der Waals surface area contributed by atoms with Crippen LogP contribution in [0.15, 0.2) is 180 Å². The lowest BCUT2D eigenvalue weighted by molar-refractivity contribution is -0.153. The number of rotatable bonds is 31. The predicted octanol–water partition coefficient (Wildman–Crippen LogP) is 8.73. The average Bonchev–Trinajstić information content (AvgIpc) is 1.10. The Morgan fingerprint density at radius 1 is 0.583 bits per heavy atom. The monoisotopic (exact) mass is 1520 g/mol. The van der Waals surface area contributed by atoms with Gasteiger partial charge in [-0.15, -0.1) is 0 Å². The van der Waals surface area contributed by atoms with Gasteiger partial charge in [0.25, 0.3) is 17.4 Å². The fraction of sp³-hybridized carbons (Fsp3) is 0.329. The number of fused-ring (bicyclic) bond motifs is 2. The number of nitrogens with zero attached hydrogens (tertiary/aromatic N) is 9. The highest BCUT2D eigenvalue weighted by molar-refractivity contribution is 7.40. The second-order valence-electron chi connectivity index (χ2n) is 25.6. The molecule has 13 rings (SSSR count). The molecule has 3 fully saturated rings. The van der Waals surface area contributed by atoms with Gasteiger partial charge in [0.2, 0.25) is 11.9 Å². The number of nitrogens with one attached hydrogen (secondary N) is 4. The number of imidazole rings is 2. The fourth-order valence-electron chi connectivity index (χ4n) is 12.6. The molecule has 11 atom stereocenters. The molecule has 3 saturated heterocycles. The third-order valence-corrected chi connectivity index (χ3v) is 19.8. The molecule has 8 heterocycles. The Bertz CT molecular complexity index is 4900. The summed E-state index contributed by atoms with van der Waals surface area (Å²) in [5.41, 5.74) is 0.416. The lowest BCUT2D eigenvalue weighted by Crippen LogP contribution is -2.38. The van der Waals surface area contributed by atoms with E-state index in [0.717, 1.165) is 10.1 Å². The number of H-pyrrole nitrogens is 1. The second-order valence-corrected chi connectivity index (χ2v) is 27.5. The molecule has 0 saturated carbocycles. The molecular formula is C73H75N13O20P2. The van der Waals surface area contributed by atoms with Crippen LogP contribution in [0, 0.1) is 5.92 Å². The first kappa shape index (κ1) is 75.7. The standard InChI is InChI=1S/C73H75N13O20P2/c1-42(2)67(89)82-71-81-66-63(70(92)83-71)77-41-86(66)60-35-52(54(101-60)36-98-73(46-19-13-8-14-20-46,47-22-26-49(96-4)27-23-47)48-24-28-50(97-5)29-25-48)105-108(95)100-38-56-53(34-58(103-56)84-32-31-57(79-72(84)93)78-68(90)44-15-9-6-10-16-44)106-107(94)99-37-55-51(104-61(88)30-21-43(3)87)33-59(102-55)85-40-76-62-64(74-39-75-65(62)85)80-69(91)45-17-11-7-12-18-45/h6-20,22-29,31-32,39-42,51-56,58-60,94-95H,21,30,33-38H2,1-5H3,(H,74,75,80,91)(H,78,79,90,93)(H2,81,82,83,89,92)/t51-,52-,53-,54+,55+,56+,58+,59+,60+,107?,108?/m0/s1. The molecule has 35 heteroatoms. The topological polar surface area (TPSA) is 405 Å². The Labute approximate surface area is 618 Å². The molecular weight excluding hydrogens is 1440 g/mol. The first-order valence-corrected chi connectivity index (χ1v) is 36.6. The Morgan fingerprint density at radius 3 is 1.65 bits per heavy atom. The van der Waals surface area contributed by atoms with Crippen molar-refractivity contribution in [2.75, 3.05) is 50.0 Å². The van der Waals surface area contributed by atoms with Gasteiger partial charge in [-0.1, -0.05) is 105 Å². The number of benzene rings is 5. The number of amides is 3. The number of Topliss-reactive ketones (excluding diaryl/α,β-unsaturated/α-hetero) is 1. The minimum absolute atomic E-state index is 0.00880. The van der Waals surface area contributed by atoms with Gasteiger partial charge in [-0.3, -0.25) is 48.0 Å². The molecule has 10 aromatic rings. The van der Waals surface area contributed by atoms with Crippen molar-refractivity contribution >= 4 is 86.6 Å². The zero-order valence-corrected chi connectivity index (χ0v) is 60.5. The van der Waals surface area contributed by atoms with Crippen LogP contribution >= 0.6 is 17.2 Å². The summed E-state index contributed by atoms with van der Waals surface area (Å²) in [6.45, 7) is 3.51. The van der Waals surface area contributed by atoms with Gasteiger partial charge in [0.15, 0.2) is 28.1 Å². The normalized spacial score (nSPS) is 20.5. The fourth-order valence-corrected chi connectivity index (χ4v) is 14.2. The molecule has 2 unspecified atom stereocenters. The van der Waals surface area contributed by atoms with E-state index in [-0.39, 0.29) is 84.4 Å². The van der Waals surface area contributed by atoms with Crippen molar-refractivity contribution in [3.05, 3.63) is 219 Å². The minimum Gasteiger partial charge on any atom is -0.497 e. The van der Waals surface area contributed by atoms with Crippen LogP contribution in [0.1, 0.15) is 109 Å². The maximum Gasteiger partial charge on any atom is 0.351 e. The number of anilines is 3. The third-order valence-electron chi connectivity index (χ3n) is 18.2. The van der Waals surface area contributed by atoms with E-state index >= 15 is 0 Å². The number of ketones is 1. The summed E-state index contributed by atoms with van der Waals surface area (Å²) in [4.78, 5) is 145. The van der Waals surface area contributed by atoms with E-state index < -0.39 is 132 Å². The summed E-state index contributed by atoms with van der Waals surface area (Å²) < 4.78 is 73.3. The van der Waals surface area contributed by atoms with Crippen molar-refractivity contribution < 1.29 is 85.0 Å². The zero-order valence-electron chi connectivity index (χ0n) is 58.8. The van der Waals surface area contributed by atoms with E-state index in [4.69, 9.17) is 51.3 Å². The van der Waals surface area contributed by atoms with E-state index in [1.807, 2.05) is 78.9 Å². The number of carbonyl (C=O) groups excluding carboxylic acids is 5. The molecule has 0 spiro atoms. The smallest absolute Gasteiger partial charge is 0.351 e. The SMILES string of the molecule is COc1ccc(C(OC[C@H]2O[C@@H](n3cnc4c(=O)[nH]c(NC(=O)C(C)C)nc43)C[C@@H]2OP(O)OC[C@H]2O[C@@H](n3ccc(NC(=O)c4ccccc4)nc3=O)C[C@@H]2OP(O)OC[C@H]2O[C@@H](n3cnc4c(NC(=O)c5ccccc5)ncnc43)C[C@@H]2OC(=O)CCC(C)=O)(c2ccccc2)c2ccc(OC)cc2)cc1. The van der Waals surface area contributed by atoms with Crippen LogP contribution in [0.3, 0.4) is 0 Å². The highest BCUT2D eigenvalue weighted by Crippen LogP contribution is 2.48. The summed E-state index contributed by atoms with van der Waals surface area (Å²) >= 11 is 0. The van der Waals surface area contributed by atoms with Crippen LogP contribution in [-0.4, -0.2) is 159 Å². The molecule has 5 aromatic heterocycles. The summed E-state index contributed by atoms with van der Waals surface area (Å²) in [7, 11) is -2.73. The Kier molecular flexibility index (Phi) is 23.9. The summed E-state index contributed by atoms with van der Waals surface area (Å²) in [5.74, 6) is -1.66. The van der Waals surface area contributed by atoms with Gasteiger partial charge in [0, 0.05) is 48.9 Å². The maximum atomic E-state index is 13.9. The quantitative estimate of drug-likeness (QED) is 0.0134. The van der Waals surface area contributed by atoms with Gasteiger partial charge >= 0.3 is 28.9 Å². The molecule has 562 valence electrons. The van der Waals surface area contributed by atoms with Gasteiger partial charge in [-0.05, 0) is 78.2 Å². The number of hydrogen-bond acceptors (Lipinski definition) is 26. The van der Waals surface area contributed by atoms with Crippen molar-refractivity contribution in [3.8, 4) is 11.5 Å². The lowest BCUT2D eigenvalue weighted by atomic mass is 9.80. The van der Waals surface area contributed by atoms with Crippen LogP contribution in [-0.2, 0) is 61.8 Å². The van der Waals surface area contributed by atoms with E-state index in [1.165, 1.54) is 42.7 Å². The molecule has 5 aromatic carbocycles. The van der Waals surface area contributed by atoms with Crippen molar-refractivity contribution in [1.82, 2.24) is 48.6 Å². The number of methoxy groups -OCH3 is 2. The number of carbonyl (C=O) groups is 5. The van der Waals surface area contributed by atoms with Crippen molar-refractivity contribution in [1.29, 1.82) is 0 Å². The molecule has 33 nitrogen and oxygen atoms in total. The number of hydrogen-bond donors (Lipinski definition) is 6. The Hall–Kier alpha value is -10.5. The summed E-state index contributed by atoms with van der Waals surface area (Å²) in [6.07, 6.45) is -4.90. The van der Waals surface area contributed by atoms with Crippen LogP contribution < -0.4 is 36.7 Å². The summed E-state index contributed by atoms with van der Waals surface area (Å²) in [5, 5.41) is 8.04. The van der Waals surface area contributed by atoms with E-state index in [0.29, 0.717) is 33.8 Å². The molecule has 0 aliphatic carbocycles. The van der Waals surface area contributed by atoms with Gasteiger partial charge < -0.3 is 76.5 Å². The maximum absolute atomic E-state index is 13.9. The van der Waals surface area contributed by atoms with Crippen molar-refractivity contribution in [2.24, 2.45) is 5.92 Å². The van der Waals surface area contributed by atoms with Crippen LogP contribution in [0.25, 0.3) is 22.3 Å². The summed E-state index contributed by atoms with van der Waals surface area (Å²) in [6, 6.07) is 42.5. The number of esters is 1. The highest BCUT2D eigenvalue weighted by atomic mass is 31.2. The highest BCUT2D eigenvalue weighted by Gasteiger charge is 2.47. The van der Waals surface area contributed by atoms with Gasteiger partial charge in [0.1, 0.15) is 78.1 Å². The third kappa shape index (κ3) is 17.4. The van der Waals surface area contributed by atoms with Crippen molar-refractivity contribution in [2.45, 2.75) is 114 Å². The molecule has 3 aliphatic heterocycles. The number of aromatic nitrogens is 10. The first-order chi connectivity index (χ1) is 52.3. The predicted molar refractivity (Wildman–Crippen MR) is 388 cm³/mol. The number of aromatic amines is 1. The van der Waals surface area contributed by atoms with E-state index in [9.17, 15) is 43.3 Å². The molecule has 3 amide bonds. The van der Waals surface area contributed by atoms with Gasteiger partial charge in [-0.25, -0.2) is 24.7 Å². The van der Waals surface area contributed by atoms with Crippen LogP contribution in [0.2, 0.25) is 0 Å². The van der Waals surface area contributed by atoms with E-state index in [1.54, 1.807) is 93.3 Å². The zero-order chi connectivity index (χ0) is 75.6. The van der Waals surface area contributed by atoms with Crippen LogP contribution in [0.5, 0.6) is 11.5 Å². The van der Waals surface area contributed by atoms with E-state index in [2.05, 4.69) is 50.8 Å². The Balaban J connectivity index is 0.765. The minimum atomic E-state index is -2.94. The largest absolute Gasteiger partial charge is 0.497 e. The second kappa shape index (κ2) is 34.2. The van der Waals surface area contributed by atoms with Crippen molar-refractivity contribution in [3.63, 3.8) is 0 Å². The molecule has 3 aliphatic rings.